The number of hydrogen-bond donors (Lipinski definition) is 1. The highest BCUT2D eigenvalue weighted by Crippen LogP contribution is 2.25. The van der Waals surface area contributed by atoms with Gasteiger partial charge in [-0.05, 0) is 17.2 Å². The number of rotatable bonds is 2. The monoisotopic (exact) mass is 273 g/mol. The van der Waals surface area contributed by atoms with E-state index in [4.69, 9.17) is 4.74 Å². The maximum absolute atomic E-state index is 12.5. The van der Waals surface area contributed by atoms with E-state index in [1.54, 1.807) is 6.07 Å². The van der Waals surface area contributed by atoms with Gasteiger partial charge in [-0.15, -0.1) is 0 Å². The molecule has 1 saturated heterocycles. The molecule has 0 spiro atoms. The molecule has 0 amide bonds. The van der Waals surface area contributed by atoms with Crippen molar-refractivity contribution in [3.63, 3.8) is 0 Å². The van der Waals surface area contributed by atoms with Crippen molar-refractivity contribution in [2.75, 3.05) is 19.7 Å². The van der Waals surface area contributed by atoms with Crippen molar-refractivity contribution in [2.24, 2.45) is 0 Å². The zero-order valence-electron chi connectivity index (χ0n) is 8.30. The van der Waals surface area contributed by atoms with Crippen LogP contribution in [0.3, 0.4) is 0 Å². The zero-order valence-corrected chi connectivity index (χ0v) is 9.89. The third-order valence-corrected chi connectivity index (χ3v) is 3.26. The van der Waals surface area contributed by atoms with E-state index in [0.29, 0.717) is 5.56 Å². The van der Waals surface area contributed by atoms with Crippen molar-refractivity contribution in [2.45, 2.75) is 12.8 Å². The molecule has 1 heterocycles. The molecule has 0 bridgehead atoms. The van der Waals surface area contributed by atoms with Crippen LogP contribution in [0, 0.1) is 0 Å². The number of hydrogen-bond acceptors (Lipinski definition) is 2. The van der Waals surface area contributed by atoms with E-state index in [1.165, 1.54) is 0 Å². The van der Waals surface area contributed by atoms with Gasteiger partial charge >= 0.3 is 0 Å². The predicted octanol–water partition coefficient (Wildman–Crippen LogP) is 2.58. The quantitative estimate of drug-likeness (QED) is 0.895. The first-order chi connectivity index (χ1) is 7.31. The summed E-state index contributed by atoms with van der Waals surface area (Å²) < 4.78 is 18.9. The number of halogens is 2. The summed E-state index contributed by atoms with van der Waals surface area (Å²) >= 11 is 3.36. The highest BCUT2D eigenvalue weighted by atomic mass is 79.9. The lowest BCUT2D eigenvalue weighted by molar-refractivity contribution is 0.0276. The molecule has 82 valence electrons. The van der Waals surface area contributed by atoms with Gasteiger partial charge in [0, 0.05) is 17.6 Å². The molecule has 1 unspecified atom stereocenters. The second kappa shape index (κ2) is 5.05. The number of benzene rings is 1. The van der Waals surface area contributed by atoms with Crippen molar-refractivity contribution in [1.82, 2.24) is 5.32 Å². The average Bonchev–Trinajstić information content (AvgIpc) is 2.30. The van der Waals surface area contributed by atoms with Crippen LogP contribution in [0.25, 0.3) is 0 Å². The minimum absolute atomic E-state index is 0.0868. The highest BCUT2D eigenvalue weighted by molar-refractivity contribution is 9.10. The standard InChI is InChI=1S/C11H13BrFNO/c12-10-5-8(1-2-9(10)6-13)11-7-14-3-4-15-11/h1-2,5,11,14H,3-4,6-7H2. The third-order valence-electron chi connectivity index (χ3n) is 2.52. The van der Waals surface area contributed by atoms with Gasteiger partial charge < -0.3 is 10.1 Å². The van der Waals surface area contributed by atoms with Crippen LogP contribution in [-0.4, -0.2) is 19.7 Å². The first kappa shape index (κ1) is 11.0. The molecule has 0 aromatic heterocycles. The molecule has 1 N–H and O–H groups in total. The van der Waals surface area contributed by atoms with Gasteiger partial charge in [-0.3, -0.25) is 0 Å². The number of ether oxygens (including phenoxy) is 1. The molecule has 0 radical (unpaired) electrons. The molecule has 2 rings (SSSR count). The number of morpholine rings is 1. The predicted molar refractivity (Wildman–Crippen MR) is 60.5 cm³/mol. The Morgan fingerprint density at radius 2 is 2.40 bits per heavy atom. The normalized spacial score (nSPS) is 21.6. The van der Waals surface area contributed by atoms with Gasteiger partial charge in [0.05, 0.1) is 12.7 Å². The van der Waals surface area contributed by atoms with Crippen LogP contribution >= 0.6 is 15.9 Å². The van der Waals surface area contributed by atoms with Crippen molar-refractivity contribution in [3.05, 3.63) is 33.8 Å². The maximum Gasteiger partial charge on any atom is 0.116 e. The van der Waals surface area contributed by atoms with Crippen LogP contribution in [0.1, 0.15) is 17.2 Å². The summed E-state index contributed by atoms with van der Waals surface area (Å²) in [7, 11) is 0. The first-order valence-electron chi connectivity index (χ1n) is 4.98. The highest BCUT2D eigenvalue weighted by Gasteiger charge is 2.16. The Labute approximate surface area is 96.9 Å². The smallest absolute Gasteiger partial charge is 0.116 e. The molecule has 4 heteroatoms. The van der Waals surface area contributed by atoms with Gasteiger partial charge in [-0.2, -0.15) is 0 Å². The van der Waals surface area contributed by atoms with Crippen LogP contribution in [-0.2, 0) is 11.4 Å². The van der Waals surface area contributed by atoms with Gasteiger partial charge in [0.1, 0.15) is 6.67 Å². The molecule has 0 aliphatic carbocycles. The lowest BCUT2D eigenvalue weighted by Crippen LogP contribution is -2.33. The number of nitrogens with one attached hydrogen (secondary N) is 1. The summed E-state index contributed by atoms with van der Waals surface area (Å²) in [5.41, 5.74) is 1.77. The Hall–Kier alpha value is -0.450. The summed E-state index contributed by atoms with van der Waals surface area (Å²) in [4.78, 5) is 0. The minimum Gasteiger partial charge on any atom is -0.371 e. The summed E-state index contributed by atoms with van der Waals surface area (Å²) in [5.74, 6) is 0. The molecule has 0 saturated carbocycles. The molecule has 1 aliphatic heterocycles. The van der Waals surface area contributed by atoms with Gasteiger partial charge in [0.25, 0.3) is 0 Å². The van der Waals surface area contributed by atoms with Gasteiger partial charge in [-0.25, -0.2) is 4.39 Å². The van der Waals surface area contributed by atoms with Gasteiger partial charge in [0.15, 0.2) is 0 Å². The summed E-state index contributed by atoms with van der Waals surface area (Å²) in [5, 5.41) is 3.27. The van der Waals surface area contributed by atoms with Crippen molar-refractivity contribution < 1.29 is 9.13 Å². The van der Waals surface area contributed by atoms with E-state index in [-0.39, 0.29) is 6.10 Å². The maximum atomic E-state index is 12.5. The fourth-order valence-corrected chi connectivity index (χ4v) is 2.15. The Kier molecular flexibility index (Phi) is 3.72. The molecule has 1 fully saturated rings. The number of alkyl halides is 1. The van der Waals surface area contributed by atoms with Crippen LogP contribution in [0.4, 0.5) is 4.39 Å². The van der Waals surface area contributed by atoms with E-state index in [1.807, 2.05) is 12.1 Å². The van der Waals surface area contributed by atoms with E-state index >= 15 is 0 Å². The Balaban J connectivity index is 2.17. The molecule has 15 heavy (non-hydrogen) atoms. The van der Waals surface area contributed by atoms with E-state index in [2.05, 4.69) is 21.2 Å². The Morgan fingerprint density at radius 3 is 3.00 bits per heavy atom. The topological polar surface area (TPSA) is 21.3 Å². The van der Waals surface area contributed by atoms with Crippen molar-refractivity contribution >= 4 is 15.9 Å². The third kappa shape index (κ3) is 2.56. The molecular weight excluding hydrogens is 261 g/mol. The Morgan fingerprint density at radius 1 is 1.53 bits per heavy atom. The SMILES string of the molecule is FCc1ccc(C2CNCCO2)cc1Br. The summed E-state index contributed by atoms with van der Waals surface area (Å²) in [6, 6.07) is 5.67. The van der Waals surface area contributed by atoms with Gasteiger partial charge in [-0.1, -0.05) is 28.1 Å². The molecule has 1 aliphatic rings. The molecular formula is C11H13BrFNO. The molecule has 2 nitrogen and oxygen atoms in total. The average molecular weight is 274 g/mol. The fraction of sp³-hybridized carbons (Fsp3) is 0.455. The lowest BCUT2D eigenvalue weighted by Gasteiger charge is -2.24. The van der Waals surface area contributed by atoms with E-state index < -0.39 is 6.67 Å². The van der Waals surface area contributed by atoms with Crippen LogP contribution in [0.5, 0.6) is 0 Å². The van der Waals surface area contributed by atoms with E-state index in [9.17, 15) is 4.39 Å². The Bertz CT molecular complexity index is 339. The van der Waals surface area contributed by atoms with Crippen LogP contribution in [0.15, 0.2) is 22.7 Å². The summed E-state index contributed by atoms with van der Waals surface area (Å²) in [6.07, 6.45) is 0.0868. The fourth-order valence-electron chi connectivity index (χ4n) is 1.65. The molecule has 1 atom stereocenters. The van der Waals surface area contributed by atoms with Crippen LogP contribution < -0.4 is 5.32 Å². The van der Waals surface area contributed by atoms with E-state index in [0.717, 1.165) is 29.7 Å². The molecule has 1 aromatic carbocycles. The lowest BCUT2D eigenvalue weighted by atomic mass is 10.1. The largest absolute Gasteiger partial charge is 0.371 e. The molecule has 1 aromatic rings. The van der Waals surface area contributed by atoms with Crippen molar-refractivity contribution in [1.29, 1.82) is 0 Å². The second-order valence-electron chi connectivity index (χ2n) is 3.55. The first-order valence-corrected chi connectivity index (χ1v) is 5.77. The minimum atomic E-state index is -0.440. The summed E-state index contributed by atoms with van der Waals surface area (Å²) in [6.45, 7) is 2.01. The van der Waals surface area contributed by atoms with Crippen molar-refractivity contribution in [3.8, 4) is 0 Å². The zero-order chi connectivity index (χ0) is 10.7. The second-order valence-corrected chi connectivity index (χ2v) is 4.40. The van der Waals surface area contributed by atoms with Gasteiger partial charge in [0.2, 0.25) is 0 Å². The van der Waals surface area contributed by atoms with Crippen LogP contribution in [0.2, 0.25) is 0 Å².